The number of hydrogen-bond donors (Lipinski definition) is 1. The van der Waals surface area contributed by atoms with Crippen LogP contribution in [-0.2, 0) is 0 Å². The van der Waals surface area contributed by atoms with Gasteiger partial charge in [0, 0.05) is 24.3 Å². The molecule has 0 bridgehead atoms. The summed E-state index contributed by atoms with van der Waals surface area (Å²) in [6.45, 7) is 0. The second-order valence-corrected chi connectivity index (χ2v) is 3.10. The van der Waals surface area contributed by atoms with Crippen LogP contribution < -0.4 is 5.32 Å². The van der Waals surface area contributed by atoms with Crippen molar-refractivity contribution in [2.45, 2.75) is 6.42 Å². The smallest absolute Gasteiger partial charge is 0.0379 e. The third-order valence-corrected chi connectivity index (χ3v) is 1.98. The van der Waals surface area contributed by atoms with Gasteiger partial charge in [-0.3, -0.25) is 4.99 Å². The van der Waals surface area contributed by atoms with E-state index in [1.165, 1.54) is 5.57 Å². The molecule has 1 aliphatic rings. The molecule has 1 heterocycles. The SMILES string of the molecule is C1=CN=CC(=CNc2ccccc2)C1. The highest BCUT2D eigenvalue weighted by Gasteiger charge is 1.93. The summed E-state index contributed by atoms with van der Waals surface area (Å²) in [5.41, 5.74) is 2.29. The van der Waals surface area contributed by atoms with Crippen LogP contribution in [0.25, 0.3) is 0 Å². The Bertz CT molecular complexity index is 375. The van der Waals surface area contributed by atoms with Crippen LogP contribution in [-0.4, -0.2) is 6.21 Å². The summed E-state index contributed by atoms with van der Waals surface area (Å²) in [5, 5.41) is 3.23. The summed E-state index contributed by atoms with van der Waals surface area (Å²) >= 11 is 0. The molecule has 0 aliphatic carbocycles. The van der Waals surface area contributed by atoms with Crippen molar-refractivity contribution >= 4 is 11.9 Å². The van der Waals surface area contributed by atoms with E-state index in [1.54, 1.807) is 0 Å². The lowest BCUT2D eigenvalue weighted by Gasteiger charge is -2.03. The highest BCUT2D eigenvalue weighted by atomic mass is 14.8. The maximum absolute atomic E-state index is 4.06. The minimum atomic E-state index is 0.948. The zero-order valence-electron chi connectivity index (χ0n) is 7.85. The summed E-state index contributed by atoms with van der Waals surface area (Å²) < 4.78 is 0. The molecular formula is C12H12N2. The van der Waals surface area contributed by atoms with E-state index in [4.69, 9.17) is 0 Å². The molecule has 1 aliphatic heterocycles. The van der Waals surface area contributed by atoms with Gasteiger partial charge in [-0.1, -0.05) is 24.3 Å². The standard InChI is InChI=1S/C12H12N2/c1-2-6-12(7-3-1)14-10-11-5-4-8-13-9-11/h1-4,6-10,14H,5H2. The number of rotatable bonds is 2. The van der Waals surface area contributed by atoms with Gasteiger partial charge in [0.1, 0.15) is 0 Å². The van der Waals surface area contributed by atoms with E-state index in [0.29, 0.717) is 0 Å². The van der Waals surface area contributed by atoms with Crippen molar-refractivity contribution in [3.05, 3.63) is 54.4 Å². The van der Waals surface area contributed by atoms with Crippen molar-refractivity contribution in [1.29, 1.82) is 0 Å². The van der Waals surface area contributed by atoms with Gasteiger partial charge in [-0.2, -0.15) is 0 Å². The molecule has 14 heavy (non-hydrogen) atoms. The van der Waals surface area contributed by atoms with Gasteiger partial charge in [-0.25, -0.2) is 0 Å². The second kappa shape index (κ2) is 4.42. The third-order valence-electron chi connectivity index (χ3n) is 1.98. The molecule has 0 saturated carbocycles. The maximum atomic E-state index is 4.06. The molecule has 0 fully saturated rings. The Balaban J connectivity index is 2.00. The van der Waals surface area contributed by atoms with Gasteiger partial charge in [0.2, 0.25) is 0 Å². The van der Waals surface area contributed by atoms with Crippen LogP contribution in [0.2, 0.25) is 0 Å². The summed E-state index contributed by atoms with van der Waals surface area (Å²) in [4.78, 5) is 4.06. The number of para-hydroxylation sites is 1. The van der Waals surface area contributed by atoms with Crippen LogP contribution in [0.3, 0.4) is 0 Å². The van der Waals surface area contributed by atoms with Crippen LogP contribution in [0.15, 0.2) is 59.4 Å². The van der Waals surface area contributed by atoms with Crippen molar-refractivity contribution in [3.8, 4) is 0 Å². The number of nitrogens with one attached hydrogen (secondary N) is 1. The van der Waals surface area contributed by atoms with Crippen molar-refractivity contribution < 1.29 is 0 Å². The Morgan fingerprint density at radius 1 is 1.21 bits per heavy atom. The molecule has 0 amide bonds. The second-order valence-electron chi connectivity index (χ2n) is 3.10. The molecule has 2 rings (SSSR count). The number of anilines is 1. The van der Waals surface area contributed by atoms with Crippen LogP contribution >= 0.6 is 0 Å². The topological polar surface area (TPSA) is 24.4 Å². The molecule has 1 N–H and O–H groups in total. The van der Waals surface area contributed by atoms with E-state index in [-0.39, 0.29) is 0 Å². The number of benzene rings is 1. The number of nitrogens with zero attached hydrogens (tertiary/aromatic N) is 1. The zero-order chi connectivity index (χ0) is 9.64. The molecule has 70 valence electrons. The molecule has 2 heteroatoms. The minimum Gasteiger partial charge on any atom is -0.361 e. The fourth-order valence-corrected chi connectivity index (χ4v) is 1.25. The van der Waals surface area contributed by atoms with Crippen molar-refractivity contribution in [3.63, 3.8) is 0 Å². The Hall–Kier alpha value is -1.83. The Labute approximate surface area is 83.7 Å². The molecule has 0 aromatic heterocycles. The minimum absolute atomic E-state index is 0.948. The molecule has 0 unspecified atom stereocenters. The predicted molar refractivity (Wildman–Crippen MR) is 60.4 cm³/mol. The number of aliphatic imine (C=N–C) groups is 1. The van der Waals surface area contributed by atoms with E-state index < -0.39 is 0 Å². The summed E-state index contributed by atoms with van der Waals surface area (Å²) in [5.74, 6) is 0. The van der Waals surface area contributed by atoms with Crippen LogP contribution in [0.1, 0.15) is 6.42 Å². The van der Waals surface area contributed by atoms with Gasteiger partial charge in [0.15, 0.2) is 0 Å². The molecule has 0 saturated heterocycles. The molecule has 0 atom stereocenters. The van der Waals surface area contributed by atoms with E-state index >= 15 is 0 Å². The molecule has 1 aromatic carbocycles. The van der Waals surface area contributed by atoms with Crippen LogP contribution in [0.4, 0.5) is 5.69 Å². The lowest BCUT2D eigenvalue weighted by molar-refractivity contribution is 1.26. The Kier molecular flexibility index (Phi) is 2.76. The van der Waals surface area contributed by atoms with Gasteiger partial charge in [0.05, 0.1) is 0 Å². The number of allylic oxidation sites excluding steroid dienone is 2. The lowest BCUT2D eigenvalue weighted by Crippen LogP contribution is -1.94. The quantitative estimate of drug-likeness (QED) is 0.750. The van der Waals surface area contributed by atoms with Crippen molar-refractivity contribution in [1.82, 2.24) is 0 Å². The molecule has 0 radical (unpaired) electrons. The number of hydrogen-bond acceptors (Lipinski definition) is 2. The highest BCUT2D eigenvalue weighted by molar-refractivity contribution is 5.81. The first-order chi connectivity index (χ1) is 6.95. The average Bonchev–Trinajstić information content (AvgIpc) is 2.29. The van der Waals surface area contributed by atoms with Gasteiger partial charge >= 0.3 is 0 Å². The first-order valence-electron chi connectivity index (χ1n) is 4.64. The van der Waals surface area contributed by atoms with E-state index in [9.17, 15) is 0 Å². The zero-order valence-corrected chi connectivity index (χ0v) is 7.85. The van der Waals surface area contributed by atoms with Gasteiger partial charge < -0.3 is 5.32 Å². The molecule has 2 nitrogen and oxygen atoms in total. The highest BCUT2D eigenvalue weighted by Crippen LogP contribution is 2.08. The lowest BCUT2D eigenvalue weighted by atomic mass is 10.2. The van der Waals surface area contributed by atoms with E-state index in [2.05, 4.69) is 10.3 Å². The fraction of sp³-hybridized carbons (Fsp3) is 0.0833. The third kappa shape index (κ3) is 2.33. The van der Waals surface area contributed by atoms with Gasteiger partial charge in [-0.15, -0.1) is 0 Å². The van der Waals surface area contributed by atoms with Crippen molar-refractivity contribution in [2.24, 2.45) is 4.99 Å². The first kappa shape index (κ1) is 8.75. The van der Waals surface area contributed by atoms with Crippen molar-refractivity contribution in [2.75, 3.05) is 5.32 Å². The van der Waals surface area contributed by atoms with E-state index in [1.807, 2.05) is 55.0 Å². The summed E-state index contributed by atoms with van der Waals surface area (Å²) in [6, 6.07) is 10.1. The molecule has 0 spiro atoms. The molecular weight excluding hydrogens is 172 g/mol. The Morgan fingerprint density at radius 3 is 2.79 bits per heavy atom. The van der Waals surface area contributed by atoms with Crippen LogP contribution in [0, 0.1) is 0 Å². The Morgan fingerprint density at radius 2 is 2.07 bits per heavy atom. The van der Waals surface area contributed by atoms with Gasteiger partial charge in [0.25, 0.3) is 0 Å². The normalized spacial score (nSPS) is 17.3. The predicted octanol–water partition coefficient (Wildman–Crippen LogP) is 2.97. The fourth-order valence-electron chi connectivity index (χ4n) is 1.25. The van der Waals surface area contributed by atoms with Gasteiger partial charge in [-0.05, 0) is 24.1 Å². The monoisotopic (exact) mass is 184 g/mol. The van der Waals surface area contributed by atoms with Crippen LogP contribution in [0.5, 0.6) is 0 Å². The largest absolute Gasteiger partial charge is 0.361 e. The maximum Gasteiger partial charge on any atom is 0.0379 e. The average molecular weight is 184 g/mol. The summed E-state index contributed by atoms with van der Waals surface area (Å²) in [6.07, 6.45) is 8.67. The summed E-state index contributed by atoms with van der Waals surface area (Å²) in [7, 11) is 0. The first-order valence-corrected chi connectivity index (χ1v) is 4.64. The molecule has 1 aromatic rings. The van der Waals surface area contributed by atoms with E-state index in [0.717, 1.165) is 12.1 Å².